The molecule has 2 aliphatic rings. The van der Waals surface area contributed by atoms with Gasteiger partial charge in [-0.1, -0.05) is 13.8 Å². The Morgan fingerprint density at radius 3 is 2.67 bits per heavy atom. The number of carbonyl (C=O) groups excluding carboxylic acids is 1. The molecule has 1 aromatic heterocycles. The molecule has 1 amide bonds. The van der Waals surface area contributed by atoms with Gasteiger partial charge in [-0.25, -0.2) is 13.1 Å². The maximum atomic E-state index is 12.9. The van der Waals surface area contributed by atoms with Crippen molar-refractivity contribution >= 4 is 21.7 Å². The summed E-state index contributed by atoms with van der Waals surface area (Å²) >= 11 is 0. The molecular weight excluding hydrogens is 292 g/mol. The Balaban J connectivity index is 1.91. The summed E-state index contributed by atoms with van der Waals surface area (Å²) in [5, 5.41) is 4.15. The van der Waals surface area contributed by atoms with Gasteiger partial charge in [0.2, 0.25) is 15.9 Å². The first kappa shape index (κ1) is 14.5. The van der Waals surface area contributed by atoms with Crippen LogP contribution in [0.3, 0.4) is 0 Å². The van der Waals surface area contributed by atoms with E-state index < -0.39 is 16.1 Å². The molecule has 3 rings (SSSR count). The van der Waals surface area contributed by atoms with Crippen molar-refractivity contribution < 1.29 is 13.2 Å². The van der Waals surface area contributed by atoms with E-state index in [4.69, 9.17) is 0 Å². The van der Waals surface area contributed by atoms with E-state index in [9.17, 15) is 13.2 Å². The quantitative estimate of drug-likeness (QED) is 0.804. The average Bonchev–Trinajstić information content (AvgIpc) is 3.04. The number of carbonyl (C=O) groups is 1. The molecular formula is C13H20N4O3S. The highest BCUT2D eigenvalue weighted by Gasteiger charge is 2.43. The highest BCUT2D eigenvalue weighted by molar-refractivity contribution is 7.89. The van der Waals surface area contributed by atoms with E-state index in [0.29, 0.717) is 26.1 Å². The predicted molar refractivity (Wildman–Crippen MR) is 78.3 cm³/mol. The molecule has 0 saturated carbocycles. The Labute approximate surface area is 124 Å². The van der Waals surface area contributed by atoms with Gasteiger partial charge in [0.15, 0.2) is 0 Å². The van der Waals surface area contributed by atoms with Crippen LogP contribution in [-0.2, 0) is 21.4 Å². The minimum Gasteiger partial charge on any atom is -0.294 e. The van der Waals surface area contributed by atoms with Crippen molar-refractivity contribution in [1.82, 2.24) is 14.1 Å². The molecule has 8 heteroatoms. The second kappa shape index (κ2) is 5.10. The van der Waals surface area contributed by atoms with Crippen LogP contribution in [0.4, 0.5) is 5.82 Å². The lowest BCUT2D eigenvalue weighted by Gasteiger charge is -2.31. The van der Waals surface area contributed by atoms with Crippen LogP contribution in [-0.4, -0.2) is 53.3 Å². The molecule has 21 heavy (non-hydrogen) atoms. The van der Waals surface area contributed by atoms with Gasteiger partial charge in [0, 0.05) is 19.2 Å². The molecule has 0 N–H and O–H groups in total. The first-order valence-electron chi connectivity index (χ1n) is 7.24. The first-order valence-corrected chi connectivity index (χ1v) is 8.85. The number of amides is 1. The van der Waals surface area contributed by atoms with Gasteiger partial charge in [0.25, 0.3) is 0 Å². The summed E-state index contributed by atoms with van der Waals surface area (Å²) in [4.78, 5) is 14.6. The average molecular weight is 312 g/mol. The summed E-state index contributed by atoms with van der Waals surface area (Å²) in [6.45, 7) is 5.43. The fourth-order valence-corrected chi connectivity index (χ4v) is 4.95. The number of aromatic nitrogens is 2. The monoisotopic (exact) mass is 312 g/mol. The van der Waals surface area contributed by atoms with Crippen LogP contribution in [0, 0.1) is 5.92 Å². The number of fused-ring (bicyclic) bond motifs is 1. The molecule has 0 aromatic carbocycles. The zero-order valence-electron chi connectivity index (χ0n) is 12.3. The molecule has 1 unspecified atom stereocenters. The van der Waals surface area contributed by atoms with Crippen molar-refractivity contribution in [2.75, 3.05) is 23.7 Å². The van der Waals surface area contributed by atoms with Gasteiger partial charge in [0.05, 0.1) is 18.5 Å². The van der Waals surface area contributed by atoms with Gasteiger partial charge in [-0.15, -0.1) is 0 Å². The molecule has 1 atom stereocenters. The first-order chi connectivity index (χ1) is 9.92. The van der Waals surface area contributed by atoms with E-state index in [1.54, 1.807) is 21.8 Å². The summed E-state index contributed by atoms with van der Waals surface area (Å²) in [6, 6.07) is 1.17. The molecule has 1 saturated heterocycles. The third-order valence-corrected chi connectivity index (χ3v) is 6.03. The van der Waals surface area contributed by atoms with Crippen LogP contribution in [0.1, 0.15) is 20.3 Å². The molecule has 2 aliphatic heterocycles. The predicted octanol–water partition coefficient (Wildman–Crippen LogP) is 0.290. The highest BCUT2D eigenvalue weighted by Crippen LogP contribution is 2.27. The zero-order chi connectivity index (χ0) is 15.2. The number of rotatable bonds is 3. The van der Waals surface area contributed by atoms with Gasteiger partial charge >= 0.3 is 0 Å². The van der Waals surface area contributed by atoms with E-state index in [2.05, 4.69) is 5.10 Å². The Kier molecular flexibility index (Phi) is 3.53. The second-order valence-electron chi connectivity index (χ2n) is 5.87. The lowest BCUT2D eigenvalue weighted by atomic mass is 10.0. The lowest BCUT2D eigenvalue weighted by Crippen LogP contribution is -2.51. The van der Waals surface area contributed by atoms with Gasteiger partial charge in [0.1, 0.15) is 11.9 Å². The van der Waals surface area contributed by atoms with Crippen molar-refractivity contribution in [1.29, 1.82) is 0 Å². The van der Waals surface area contributed by atoms with E-state index >= 15 is 0 Å². The van der Waals surface area contributed by atoms with Crippen molar-refractivity contribution in [3.8, 4) is 0 Å². The second-order valence-corrected chi connectivity index (χ2v) is 7.91. The van der Waals surface area contributed by atoms with Gasteiger partial charge in [-0.3, -0.25) is 9.69 Å². The van der Waals surface area contributed by atoms with Crippen molar-refractivity contribution in [2.24, 2.45) is 5.92 Å². The van der Waals surface area contributed by atoms with Crippen molar-refractivity contribution in [2.45, 2.75) is 32.9 Å². The van der Waals surface area contributed by atoms with Crippen LogP contribution in [0.5, 0.6) is 0 Å². The zero-order valence-corrected chi connectivity index (χ0v) is 13.1. The Hall–Kier alpha value is -1.41. The molecule has 0 spiro atoms. The highest BCUT2D eigenvalue weighted by atomic mass is 32.2. The standard InChI is InChI=1S/C13H20N4O3S/c1-10(2)12(17-6-3-9-21(17,19)20)13(18)15-7-8-16-11(15)4-5-14-16/h4-5,10,12H,3,6-9H2,1-2H3. The van der Waals surface area contributed by atoms with Crippen LogP contribution in [0.2, 0.25) is 0 Å². The molecule has 116 valence electrons. The minimum absolute atomic E-state index is 0.0673. The van der Waals surface area contributed by atoms with Gasteiger partial charge in [-0.2, -0.15) is 9.40 Å². The summed E-state index contributed by atoms with van der Waals surface area (Å²) in [5.41, 5.74) is 0. The van der Waals surface area contributed by atoms with E-state index in [1.165, 1.54) is 4.31 Å². The third kappa shape index (κ3) is 2.36. The number of hydrogen-bond donors (Lipinski definition) is 0. The van der Waals surface area contributed by atoms with Gasteiger partial charge < -0.3 is 0 Å². The summed E-state index contributed by atoms with van der Waals surface area (Å²) in [5.74, 6) is 0.681. The normalized spacial score (nSPS) is 22.7. The van der Waals surface area contributed by atoms with Crippen LogP contribution in [0.15, 0.2) is 12.3 Å². The van der Waals surface area contributed by atoms with Crippen molar-refractivity contribution in [3.05, 3.63) is 12.3 Å². The fraction of sp³-hybridized carbons (Fsp3) is 0.692. The van der Waals surface area contributed by atoms with Crippen LogP contribution in [0.25, 0.3) is 0 Å². The summed E-state index contributed by atoms with van der Waals surface area (Å²) < 4.78 is 27.5. The molecule has 7 nitrogen and oxygen atoms in total. The maximum Gasteiger partial charge on any atom is 0.246 e. The lowest BCUT2D eigenvalue weighted by molar-refractivity contribution is -0.123. The van der Waals surface area contributed by atoms with Crippen molar-refractivity contribution in [3.63, 3.8) is 0 Å². The van der Waals surface area contributed by atoms with Crippen LogP contribution < -0.4 is 4.90 Å². The molecule has 0 bridgehead atoms. The van der Waals surface area contributed by atoms with E-state index in [0.717, 1.165) is 5.82 Å². The number of anilines is 1. The number of nitrogens with zero attached hydrogens (tertiary/aromatic N) is 4. The molecule has 3 heterocycles. The maximum absolute atomic E-state index is 12.9. The minimum atomic E-state index is -3.31. The summed E-state index contributed by atoms with van der Waals surface area (Å²) in [7, 11) is -3.31. The number of sulfonamides is 1. The Morgan fingerprint density at radius 2 is 2.05 bits per heavy atom. The molecule has 0 radical (unpaired) electrons. The topological polar surface area (TPSA) is 75.5 Å². The largest absolute Gasteiger partial charge is 0.294 e. The van der Waals surface area contributed by atoms with E-state index in [1.807, 2.05) is 13.8 Å². The smallest absolute Gasteiger partial charge is 0.246 e. The van der Waals surface area contributed by atoms with Gasteiger partial charge in [-0.05, 0) is 12.3 Å². The molecule has 1 fully saturated rings. The Bertz CT molecular complexity index is 652. The molecule has 1 aromatic rings. The molecule has 0 aliphatic carbocycles. The SMILES string of the molecule is CC(C)C(C(=O)N1CCn2nccc21)N1CCCS1(=O)=O. The Morgan fingerprint density at radius 1 is 1.29 bits per heavy atom. The third-order valence-electron chi connectivity index (χ3n) is 4.10. The summed E-state index contributed by atoms with van der Waals surface area (Å²) in [6.07, 6.45) is 2.25. The van der Waals surface area contributed by atoms with Crippen LogP contribution >= 0.6 is 0 Å². The van der Waals surface area contributed by atoms with E-state index in [-0.39, 0.29) is 17.6 Å². The number of hydrogen-bond acceptors (Lipinski definition) is 4. The fourth-order valence-electron chi connectivity index (χ4n) is 3.13.